The molecule has 1 atom stereocenters. The minimum Gasteiger partial charge on any atom is -0.446 e. The van der Waals surface area contributed by atoms with Gasteiger partial charge in [-0.3, -0.25) is 9.59 Å². The molecule has 4 rings (SSSR count). The number of anilines is 1. The molecule has 0 radical (unpaired) electrons. The summed E-state index contributed by atoms with van der Waals surface area (Å²) in [7, 11) is 0. The summed E-state index contributed by atoms with van der Waals surface area (Å²) in [5, 5.41) is 6.79. The third-order valence-corrected chi connectivity index (χ3v) is 5.22. The van der Waals surface area contributed by atoms with Crippen LogP contribution in [0.4, 0.5) is 10.1 Å². The van der Waals surface area contributed by atoms with Gasteiger partial charge in [0.2, 0.25) is 12.0 Å². The third-order valence-electron chi connectivity index (χ3n) is 5.22. The highest BCUT2D eigenvalue weighted by molar-refractivity contribution is 5.96. The van der Waals surface area contributed by atoms with E-state index in [1.165, 1.54) is 24.3 Å². The molecule has 1 amide bonds. The summed E-state index contributed by atoms with van der Waals surface area (Å²) in [6.45, 7) is 3.18. The average Bonchev–Trinajstić information content (AvgIpc) is 3.20. The minimum atomic E-state index is -1.26. The van der Waals surface area contributed by atoms with Gasteiger partial charge in [0.15, 0.2) is 0 Å². The second-order valence-corrected chi connectivity index (χ2v) is 7.93. The lowest BCUT2D eigenvalue weighted by molar-refractivity contribution is -0.155. The molecule has 9 heteroatoms. The summed E-state index contributed by atoms with van der Waals surface area (Å²) < 4.78 is 24.5. The van der Waals surface area contributed by atoms with Crippen LogP contribution in [0.25, 0.3) is 11.5 Å². The van der Waals surface area contributed by atoms with E-state index in [9.17, 15) is 18.8 Å². The van der Waals surface area contributed by atoms with Gasteiger partial charge < -0.3 is 14.5 Å². The zero-order chi connectivity index (χ0) is 24.9. The van der Waals surface area contributed by atoms with Crippen LogP contribution in [0.5, 0.6) is 0 Å². The lowest BCUT2D eigenvalue weighted by Gasteiger charge is -2.19. The van der Waals surface area contributed by atoms with Crippen LogP contribution in [0.1, 0.15) is 22.8 Å². The van der Waals surface area contributed by atoms with Crippen molar-refractivity contribution >= 4 is 17.6 Å². The summed E-state index contributed by atoms with van der Waals surface area (Å²) >= 11 is 0. The van der Waals surface area contributed by atoms with Crippen molar-refractivity contribution in [1.29, 1.82) is 0 Å². The number of hydrogen-bond donors (Lipinski definition) is 1. The Hall–Kier alpha value is -4.53. The third kappa shape index (κ3) is 5.70. The number of esters is 1. The molecule has 8 nitrogen and oxygen atoms in total. The molecule has 0 aliphatic heterocycles. The van der Waals surface area contributed by atoms with E-state index in [2.05, 4.69) is 10.4 Å². The van der Waals surface area contributed by atoms with E-state index >= 15 is 0 Å². The van der Waals surface area contributed by atoms with E-state index in [0.717, 1.165) is 15.8 Å². The maximum absolute atomic E-state index is 13.2. The molecule has 0 spiro atoms. The zero-order valence-corrected chi connectivity index (χ0v) is 19.0. The lowest BCUT2D eigenvalue weighted by atomic mass is 10.1. The molecule has 1 N–H and O–H groups in total. The molecule has 1 aromatic heterocycles. The van der Waals surface area contributed by atoms with Crippen LogP contribution in [0.15, 0.2) is 82.0 Å². The van der Waals surface area contributed by atoms with Crippen LogP contribution in [-0.4, -0.2) is 21.7 Å². The number of ether oxygens (including phenoxy) is 1. The molecule has 1 unspecified atom stereocenters. The van der Waals surface area contributed by atoms with Crippen LogP contribution < -0.4 is 11.1 Å². The number of amides is 1. The topological polar surface area (TPSA) is 103 Å². The number of nitrogens with one attached hydrogen (secondary N) is 1. The Kier molecular flexibility index (Phi) is 6.86. The number of carbonyl (C=O) groups is 2. The number of hydrogen-bond acceptors (Lipinski definition) is 6. The summed E-state index contributed by atoms with van der Waals surface area (Å²) in [5.41, 5.74) is 3.24. The number of benzene rings is 3. The minimum absolute atomic E-state index is 0.0740. The Bertz CT molecular complexity index is 1410. The van der Waals surface area contributed by atoms with Crippen molar-refractivity contribution in [2.75, 3.05) is 5.32 Å². The first-order valence-corrected chi connectivity index (χ1v) is 10.8. The van der Waals surface area contributed by atoms with Gasteiger partial charge in [-0.05, 0) is 55.3 Å². The quantitative estimate of drug-likeness (QED) is 0.402. The monoisotopic (exact) mass is 475 g/mol. The van der Waals surface area contributed by atoms with Gasteiger partial charge in [0.1, 0.15) is 12.4 Å². The fourth-order valence-corrected chi connectivity index (χ4v) is 3.38. The molecule has 178 valence electrons. The first-order valence-electron chi connectivity index (χ1n) is 10.8. The summed E-state index contributed by atoms with van der Waals surface area (Å²) in [6, 6.07) is 19.4. The van der Waals surface area contributed by atoms with Crippen molar-refractivity contribution in [2.45, 2.75) is 26.5 Å². The summed E-state index contributed by atoms with van der Waals surface area (Å²) in [5.74, 6) is -2.83. The molecule has 0 bridgehead atoms. The van der Waals surface area contributed by atoms with E-state index in [0.29, 0.717) is 16.8 Å². The second kappa shape index (κ2) is 10.2. The van der Waals surface area contributed by atoms with Gasteiger partial charge in [0.25, 0.3) is 5.91 Å². The lowest BCUT2D eigenvalue weighted by Crippen LogP contribution is -2.29. The molecule has 0 aliphatic carbocycles. The van der Waals surface area contributed by atoms with E-state index in [-0.39, 0.29) is 5.89 Å². The summed E-state index contributed by atoms with van der Waals surface area (Å²) in [6.07, 6.45) is -1.26. The molecule has 0 aliphatic rings. The van der Waals surface area contributed by atoms with Crippen molar-refractivity contribution in [1.82, 2.24) is 9.78 Å². The Balaban J connectivity index is 1.53. The smallest absolute Gasteiger partial charge is 0.437 e. The van der Waals surface area contributed by atoms with Crippen LogP contribution in [0, 0.1) is 19.7 Å². The van der Waals surface area contributed by atoms with Crippen LogP contribution in [0.3, 0.4) is 0 Å². The van der Waals surface area contributed by atoms with Crippen LogP contribution >= 0.6 is 0 Å². The number of rotatable bonds is 7. The van der Waals surface area contributed by atoms with Crippen molar-refractivity contribution in [3.63, 3.8) is 0 Å². The average molecular weight is 475 g/mol. The van der Waals surface area contributed by atoms with Crippen LogP contribution in [0.2, 0.25) is 0 Å². The highest BCUT2D eigenvalue weighted by atomic mass is 19.1. The van der Waals surface area contributed by atoms with Crippen molar-refractivity contribution < 1.29 is 23.1 Å². The SMILES string of the molecule is Cc1ccc(C)c(NC(=O)C(OC(=O)Cn2nc(-c3ccc(F)cc3)oc2=O)c2ccccc2)c1. The van der Waals surface area contributed by atoms with Gasteiger partial charge in [-0.25, -0.2) is 9.18 Å². The first-order chi connectivity index (χ1) is 16.8. The highest BCUT2D eigenvalue weighted by Gasteiger charge is 2.26. The molecule has 0 saturated carbocycles. The standard InChI is InChI=1S/C26H22FN3O5/c1-16-8-9-17(2)21(14-16)28-24(32)23(18-6-4-3-5-7-18)34-22(31)15-30-26(33)35-25(29-30)19-10-12-20(27)13-11-19/h3-14,23H,15H2,1-2H3,(H,28,32). The number of aryl methyl sites for hydroxylation is 2. The second-order valence-electron chi connectivity index (χ2n) is 7.93. The van der Waals surface area contributed by atoms with Crippen molar-refractivity contribution in [2.24, 2.45) is 0 Å². The van der Waals surface area contributed by atoms with Gasteiger partial charge in [-0.2, -0.15) is 4.68 Å². The van der Waals surface area contributed by atoms with Gasteiger partial charge in [0, 0.05) is 16.8 Å². The number of nitrogens with zero attached hydrogens (tertiary/aromatic N) is 2. The van der Waals surface area contributed by atoms with Gasteiger partial charge >= 0.3 is 11.7 Å². The highest BCUT2D eigenvalue weighted by Crippen LogP contribution is 2.23. The fraction of sp³-hybridized carbons (Fsp3) is 0.154. The van der Waals surface area contributed by atoms with Crippen molar-refractivity contribution in [3.8, 4) is 11.5 Å². The van der Waals surface area contributed by atoms with Gasteiger partial charge in [-0.1, -0.05) is 42.5 Å². The zero-order valence-electron chi connectivity index (χ0n) is 19.0. The van der Waals surface area contributed by atoms with E-state index in [4.69, 9.17) is 9.15 Å². The van der Waals surface area contributed by atoms with E-state index < -0.39 is 36.1 Å². The van der Waals surface area contributed by atoms with Crippen LogP contribution in [-0.2, 0) is 20.9 Å². The van der Waals surface area contributed by atoms with Gasteiger partial charge in [-0.15, -0.1) is 5.10 Å². The number of aromatic nitrogens is 2. The molecule has 35 heavy (non-hydrogen) atoms. The normalized spacial score (nSPS) is 11.6. The predicted molar refractivity (Wildman–Crippen MR) is 126 cm³/mol. The Labute approximate surface area is 200 Å². The largest absolute Gasteiger partial charge is 0.446 e. The Morgan fingerprint density at radius 3 is 2.49 bits per heavy atom. The molecule has 0 saturated heterocycles. The van der Waals surface area contributed by atoms with Gasteiger partial charge in [0.05, 0.1) is 0 Å². The molecular formula is C26H22FN3O5. The number of carbonyl (C=O) groups excluding carboxylic acids is 2. The van der Waals surface area contributed by atoms with Crippen molar-refractivity contribution in [3.05, 3.63) is 106 Å². The summed E-state index contributed by atoms with van der Waals surface area (Å²) in [4.78, 5) is 38.0. The Morgan fingerprint density at radius 1 is 1.06 bits per heavy atom. The molecule has 0 fully saturated rings. The van der Waals surface area contributed by atoms with E-state index in [1.54, 1.807) is 30.3 Å². The predicted octanol–water partition coefficient (Wildman–Crippen LogP) is 4.18. The maximum atomic E-state index is 13.2. The molecule has 3 aromatic carbocycles. The first kappa shape index (κ1) is 23.6. The number of halogens is 1. The Morgan fingerprint density at radius 2 is 1.77 bits per heavy atom. The molecule has 4 aromatic rings. The fourth-order valence-electron chi connectivity index (χ4n) is 3.38. The molecular weight excluding hydrogens is 453 g/mol. The maximum Gasteiger partial charge on any atom is 0.437 e. The molecule has 1 heterocycles. The van der Waals surface area contributed by atoms with E-state index in [1.807, 2.05) is 32.0 Å².